The lowest BCUT2D eigenvalue weighted by Crippen LogP contribution is -2.46. The molecule has 4 rings (SSSR count). The Kier molecular flexibility index (Phi) is 9.34. The first-order valence-electron chi connectivity index (χ1n) is 13.2. The molecule has 0 saturated carbocycles. The molecule has 43 heavy (non-hydrogen) atoms. The molecular formula is C29H30ClN7O6. The molecule has 224 valence electrons. The van der Waals surface area contributed by atoms with Gasteiger partial charge in [-0.25, -0.2) is 9.78 Å². The van der Waals surface area contributed by atoms with Gasteiger partial charge < -0.3 is 14.5 Å². The van der Waals surface area contributed by atoms with Crippen molar-refractivity contribution in [1.82, 2.24) is 30.0 Å². The Hall–Kier alpha value is -4.91. The normalized spacial score (nSPS) is 12.1. The highest BCUT2D eigenvalue weighted by atomic mass is 35.5. The zero-order chi connectivity index (χ0) is 31.3. The van der Waals surface area contributed by atoms with Crippen LogP contribution in [0.1, 0.15) is 50.0 Å². The standard InChI is InChI=1S/C29H30ClN7O6/c1-16(2)22(23(39)25-35-36-27(43-25)29(3,4)20-12-11-18(30)13-31-20)33-21(38)15-37-19(17-9-7-6-8-10-17)14-32-24(26(37)40)34-28(41)42-5/h6-14,16,22H,15H2,1-5H3,(H,33,38)(H,32,34,41)/t22-/m1/s1. The Bertz CT molecular complexity index is 1680. The minimum absolute atomic E-state index is 0.154. The molecule has 0 fully saturated rings. The van der Waals surface area contributed by atoms with Gasteiger partial charge in [-0.1, -0.05) is 55.8 Å². The first-order chi connectivity index (χ1) is 20.4. The van der Waals surface area contributed by atoms with E-state index < -0.39 is 41.3 Å². The topological polar surface area (TPSA) is 171 Å². The van der Waals surface area contributed by atoms with Gasteiger partial charge in [-0.2, -0.15) is 0 Å². The van der Waals surface area contributed by atoms with Gasteiger partial charge in [0.05, 0.1) is 41.2 Å². The summed E-state index contributed by atoms with van der Waals surface area (Å²) in [6, 6.07) is 11.2. The van der Waals surface area contributed by atoms with E-state index >= 15 is 0 Å². The lowest BCUT2D eigenvalue weighted by Gasteiger charge is -2.21. The number of hydrogen-bond donors (Lipinski definition) is 2. The molecular weight excluding hydrogens is 578 g/mol. The summed E-state index contributed by atoms with van der Waals surface area (Å²) in [6.45, 7) is 6.63. The maximum Gasteiger partial charge on any atom is 0.412 e. The molecule has 0 saturated heterocycles. The van der Waals surface area contributed by atoms with Crippen LogP contribution in [0, 0.1) is 5.92 Å². The number of nitrogens with zero attached hydrogens (tertiary/aromatic N) is 5. The van der Waals surface area contributed by atoms with Gasteiger partial charge >= 0.3 is 6.09 Å². The number of hydrogen-bond acceptors (Lipinski definition) is 10. The summed E-state index contributed by atoms with van der Waals surface area (Å²) >= 11 is 5.96. The second-order valence-corrected chi connectivity index (χ2v) is 10.9. The maximum absolute atomic E-state index is 13.5. The largest absolute Gasteiger partial charge is 0.453 e. The third-order valence-electron chi connectivity index (χ3n) is 6.64. The molecule has 4 aromatic rings. The van der Waals surface area contributed by atoms with Crippen molar-refractivity contribution in [3.05, 3.63) is 87.7 Å². The molecule has 0 bridgehead atoms. The van der Waals surface area contributed by atoms with Crippen LogP contribution in [0.2, 0.25) is 5.02 Å². The number of ether oxygens (including phenoxy) is 1. The van der Waals surface area contributed by atoms with Gasteiger partial charge in [0.2, 0.25) is 23.4 Å². The second kappa shape index (κ2) is 12.9. The van der Waals surface area contributed by atoms with Crippen LogP contribution in [0.4, 0.5) is 10.6 Å². The minimum atomic E-state index is -1.05. The van der Waals surface area contributed by atoms with Crippen molar-refractivity contribution in [3.63, 3.8) is 0 Å². The van der Waals surface area contributed by atoms with Crippen molar-refractivity contribution >= 4 is 35.2 Å². The van der Waals surface area contributed by atoms with Crippen molar-refractivity contribution in [2.45, 2.75) is 45.7 Å². The number of rotatable bonds is 10. The van der Waals surface area contributed by atoms with E-state index in [-0.39, 0.29) is 23.5 Å². The van der Waals surface area contributed by atoms with Crippen molar-refractivity contribution in [3.8, 4) is 11.3 Å². The number of pyridine rings is 1. The molecule has 0 aliphatic carbocycles. The molecule has 2 N–H and O–H groups in total. The van der Waals surface area contributed by atoms with Gasteiger partial charge in [-0.3, -0.25) is 29.3 Å². The number of ketones is 1. The zero-order valence-electron chi connectivity index (χ0n) is 24.1. The van der Waals surface area contributed by atoms with Crippen molar-refractivity contribution in [1.29, 1.82) is 0 Å². The van der Waals surface area contributed by atoms with Crippen LogP contribution < -0.4 is 16.2 Å². The Labute approximate surface area is 251 Å². The van der Waals surface area contributed by atoms with Gasteiger partial charge in [0.1, 0.15) is 6.54 Å². The van der Waals surface area contributed by atoms with E-state index in [1.54, 1.807) is 56.3 Å². The molecule has 1 aromatic carbocycles. The summed E-state index contributed by atoms with van der Waals surface area (Å²) in [6.07, 6.45) is 1.96. The van der Waals surface area contributed by atoms with Gasteiger partial charge in [-0.15, -0.1) is 10.2 Å². The quantitative estimate of drug-likeness (QED) is 0.252. The highest BCUT2D eigenvalue weighted by Crippen LogP contribution is 2.30. The fourth-order valence-electron chi connectivity index (χ4n) is 4.18. The maximum atomic E-state index is 13.5. The Balaban J connectivity index is 1.59. The molecule has 13 nitrogen and oxygen atoms in total. The summed E-state index contributed by atoms with van der Waals surface area (Å²) in [7, 11) is 1.14. The summed E-state index contributed by atoms with van der Waals surface area (Å²) in [5, 5.41) is 13.4. The molecule has 0 spiro atoms. The van der Waals surface area contributed by atoms with Crippen LogP contribution in [-0.2, 0) is 21.5 Å². The van der Waals surface area contributed by atoms with E-state index in [0.717, 1.165) is 11.7 Å². The van der Waals surface area contributed by atoms with Crippen molar-refractivity contribution in [2.75, 3.05) is 12.4 Å². The molecule has 3 aromatic heterocycles. The molecule has 0 unspecified atom stereocenters. The minimum Gasteiger partial charge on any atom is -0.453 e. The van der Waals surface area contributed by atoms with Crippen LogP contribution in [0.15, 0.2) is 64.1 Å². The number of benzene rings is 1. The summed E-state index contributed by atoms with van der Waals surface area (Å²) < 4.78 is 11.5. The average Bonchev–Trinajstić information content (AvgIpc) is 3.50. The molecule has 0 radical (unpaired) electrons. The Morgan fingerprint density at radius 1 is 1.05 bits per heavy atom. The average molecular weight is 608 g/mol. The zero-order valence-corrected chi connectivity index (χ0v) is 24.9. The number of aromatic nitrogens is 5. The molecule has 0 aliphatic rings. The van der Waals surface area contributed by atoms with Crippen LogP contribution in [0.25, 0.3) is 11.3 Å². The molecule has 3 heterocycles. The molecule has 2 amide bonds. The summed E-state index contributed by atoms with van der Waals surface area (Å²) in [5.74, 6) is -2.08. The lowest BCUT2D eigenvalue weighted by molar-refractivity contribution is -0.122. The highest BCUT2D eigenvalue weighted by Gasteiger charge is 2.35. The predicted octanol–water partition coefficient (Wildman–Crippen LogP) is 3.87. The van der Waals surface area contributed by atoms with Crippen molar-refractivity contribution in [2.24, 2.45) is 5.92 Å². The Morgan fingerprint density at radius 2 is 1.77 bits per heavy atom. The van der Waals surface area contributed by atoms with Crippen molar-refractivity contribution < 1.29 is 23.5 Å². The van der Waals surface area contributed by atoms with Gasteiger partial charge in [-0.05, 0) is 37.5 Å². The van der Waals surface area contributed by atoms with Crippen LogP contribution in [0.5, 0.6) is 0 Å². The fraction of sp³-hybridized carbons (Fsp3) is 0.310. The number of Topliss-reactive ketones (excluding diaryl/α,β-unsaturated/α-hetero) is 1. The number of carbonyl (C=O) groups excluding carboxylic acids is 3. The second-order valence-electron chi connectivity index (χ2n) is 10.4. The van der Waals surface area contributed by atoms with Gasteiger partial charge in [0.15, 0.2) is 0 Å². The summed E-state index contributed by atoms with van der Waals surface area (Å²) in [4.78, 5) is 60.2. The first kappa shape index (κ1) is 31.0. The lowest BCUT2D eigenvalue weighted by atomic mass is 9.89. The third kappa shape index (κ3) is 6.95. The predicted molar refractivity (Wildman–Crippen MR) is 157 cm³/mol. The smallest absolute Gasteiger partial charge is 0.412 e. The molecule has 0 aliphatic heterocycles. The number of methoxy groups -OCH3 is 1. The fourth-order valence-corrected chi connectivity index (χ4v) is 4.29. The van der Waals surface area contributed by atoms with Gasteiger partial charge in [0, 0.05) is 6.20 Å². The SMILES string of the molecule is COC(=O)Nc1ncc(-c2ccccc2)n(CC(=O)N[C@@H](C(=O)c2nnc(C(C)(C)c3ccc(Cl)cn3)o2)C(C)C)c1=O. The van der Waals surface area contributed by atoms with Crippen LogP contribution >= 0.6 is 11.6 Å². The number of nitrogens with one attached hydrogen (secondary N) is 2. The number of anilines is 1. The monoisotopic (exact) mass is 607 g/mol. The van der Waals surface area contributed by atoms with E-state index in [1.165, 1.54) is 12.4 Å². The number of amides is 2. The van der Waals surface area contributed by atoms with E-state index in [4.69, 9.17) is 16.0 Å². The number of halogens is 1. The first-order valence-corrected chi connectivity index (χ1v) is 13.6. The van der Waals surface area contributed by atoms with E-state index in [2.05, 4.69) is 35.5 Å². The molecule has 1 atom stereocenters. The highest BCUT2D eigenvalue weighted by molar-refractivity contribution is 6.30. The summed E-state index contributed by atoms with van der Waals surface area (Å²) in [5.41, 5.74) is -0.0421. The van der Waals surface area contributed by atoms with E-state index in [9.17, 15) is 19.2 Å². The van der Waals surface area contributed by atoms with Crippen LogP contribution in [-0.4, -0.2) is 55.7 Å². The van der Waals surface area contributed by atoms with E-state index in [0.29, 0.717) is 22.0 Å². The Morgan fingerprint density at radius 3 is 2.40 bits per heavy atom. The molecule has 14 heteroatoms. The third-order valence-corrected chi connectivity index (χ3v) is 6.86. The van der Waals surface area contributed by atoms with E-state index in [1.807, 2.05) is 13.8 Å². The van der Waals surface area contributed by atoms with Crippen LogP contribution in [0.3, 0.4) is 0 Å². The van der Waals surface area contributed by atoms with Gasteiger partial charge in [0.25, 0.3) is 11.4 Å². The number of carbonyl (C=O) groups is 3.